The molecule has 0 saturated carbocycles. The van der Waals surface area contributed by atoms with E-state index >= 15 is 0 Å². The molecule has 0 aliphatic rings. The standard InChI is InChI=1S/C13H12ClNO3S/c14-10-3-1-2-4-11(10)18-6-5-12-15-8-9(19-12)7-13(16)17/h1-4,8H,5-7H2,(H,16,17). The van der Waals surface area contributed by atoms with E-state index in [1.807, 2.05) is 12.1 Å². The second kappa shape index (κ2) is 6.54. The van der Waals surface area contributed by atoms with Gasteiger partial charge in [-0.25, -0.2) is 4.98 Å². The second-order valence-electron chi connectivity index (χ2n) is 3.82. The molecule has 0 saturated heterocycles. The summed E-state index contributed by atoms with van der Waals surface area (Å²) in [6.45, 7) is 0.462. The van der Waals surface area contributed by atoms with Gasteiger partial charge in [0.05, 0.1) is 23.1 Å². The number of rotatable bonds is 6. The number of carbonyl (C=O) groups is 1. The smallest absolute Gasteiger partial charge is 0.308 e. The normalized spacial score (nSPS) is 10.4. The number of para-hydroxylation sites is 1. The summed E-state index contributed by atoms with van der Waals surface area (Å²) in [5, 5.41) is 10.1. The SMILES string of the molecule is O=C(O)Cc1cnc(CCOc2ccccc2Cl)s1. The van der Waals surface area contributed by atoms with E-state index < -0.39 is 5.97 Å². The van der Waals surface area contributed by atoms with Crippen molar-refractivity contribution < 1.29 is 14.6 Å². The van der Waals surface area contributed by atoms with Crippen molar-refractivity contribution in [2.45, 2.75) is 12.8 Å². The molecule has 1 heterocycles. The highest BCUT2D eigenvalue weighted by Gasteiger charge is 2.06. The quantitative estimate of drug-likeness (QED) is 0.890. The van der Waals surface area contributed by atoms with Crippen molar-refractivity contribution in [2.24, 2.45) is 0 Å². The minimum Gasteiger partial charge on any atom is -0.492 e. The van der Waals surface area contributed by atoms with Crippen LogP contribution in [-0.2, 0) is 17.6 Å². The Hall–Kier alpha value is -1.59. The number of nitrogens with zero attached hydrogens (tertiary/aromatic N) is 1. The van der Waals surface area contributed by atoms with Gasteiger partial charge in [-0.05, 0) is 12.1 Å². The number of carboxylic acids is 1. The van der Waals surface area contributed by atoms with Crippen LogP contribution in [0.1, 0.15) is 9.88 Å². The van der Waals surface area contributed by atoms with Crippen LogP contribution >= 0.6 is 22.9 Å². The zero-order chi connectivity index (χ0) is 13.7. The van der Waals surface area contributed by atoms with E-state index in [0.717, 1.165) is 9.88 Å². The number of hydrogen-bond acceptors (Lipinski definition) is 4. The van der Waals surface area contributed by atoms with Crippen molar-refractivity contribution in [3.8, 4) is 5.75 Å². The van der Waals surface area contributed by atoms with Crippen LogP contribution in [0.4, 0.5) is 0 Å². The Labute approximate surface area is 119 Å². The van der Waals surface area contributed by atoms with Crippen LogP contribution < -0.4 is 4.74 Å². The summed E-state index contributed by atoms with van der Waals surface area (Å²) in [6, 6.07) is 7.27. The first kappa shape index (κ1) is 13.8. The summed E-state index contributed by atoms with van der Waals surface area (Å²) in [6.07, 6.45) is 2.25. The Morgan fingerprint density at radius 3 is 2.95 bits per heavy atom. The average molecular weight is 298 g/mol. The first-order valence-electron chi connectivity index (χ1n) is 5.68. The lowest BCUT2D eigenvalue weighted by atomic mass is 10.3. The molecule has 4 nitrogen and oxygen atoms in total. The van der Waals surface area contributed by atoms with E-state index in [1.165, 1.54) is 11.3 Å². The first-order valence-corrected chi connectivity index (χ1v) is 6.87. The molecular weight excluding hydrogens is 286 g/mol. The lowest BCUT2D eigenvalue weighted by Crippen LogP contribution is -2.01. The van der Waals surface area contributed by atoms with Gasteiger partial charge in [0.2, 0.25) is 0 Å². The van der Waals surface area contributed by atoms with Gasteiger partial charge < -0.3 is 9.84 Å². The summed E-state index contributed by atoms with van der Waals surface area (Å²) in [5.74, 6) is -0.200. The highest BCUT2D eigenvalue weighted by molar-refractivity contribution is 7.11. The lowest BCUT2D eigenvalue weighted by molar-refractivity contribution is -0.136. The molecule has 0 amide bonds. The fraction of sp³-hybridized carbons (Fsp3) is 0.231. The molecule has 2 rings (SSSR count). The molecule has 19 heavy (non-hydrogen) atoms. The fourth-order valence-electron chi connectivity index (χ4n) is 1.50. The molecule has 0 aliphatic heterocycles. The molecule has 0 atom stereocenters. The van der Waals surface area contributed by atoms with E-state index in [-0.39, 0.29) is 6.42 Å². The predicted molar refractivity (Wildman–Crippen MR) is 74.1 cm³/mol. The summed E-state index contributed by atoms with van der Waals surface area (Å²) < 4.78 is 5.55. The van der Waals surface area contributed by atoms with Gasteiger partial charge in [0.25, 0.3) is 0 Å². The highest BCUT2D eigenvalue weighted by atomic mass is 35.5. The molecule has 0 fully saturated rings. The molecule has 6 heteroatoms. The molecule has 2 aromatic rings. The number of thiazole rings is 1. The fourth-order valence-corrected chi connectivity index (χ4v) is 2.59. The average Bonchev–Trinajstić information content (AvgIpc) is 2.78. The molecule has 1 aromatic carbocycles. The van der Waals surface area contributed by atoms with E-state index in [0.29, 0.717) is 23.8 Å². The minimum atomic E-state index is -0.845. The van der Waals surface area contributed by atoms with Crippen molar-refractivity contribution >= 4 is 28.9 Å². The van der Waals surface area contributed by atoms with Gasteiger partial charge in [0.15, 0.2) is 0 Å². The van der Waals surface area contributed by atoms with Gasteiger partial charge in [-0.1, -0.05) is 23.7 Å². The maximum atomic E-state index is 10.6. The monoisotopic (exact) mass is 297 g/mol. The summed E-state index contributed by atoms with van der Waals surface area (Å²) in [7, 11) is 0. The lowest BCUT2D eigenvalue weighted by Gasteiger charge is -2.06. The van der Waals surface area contributed by atoms with Gasteiger partial charge in [0.1, 0.15) is 5.75 Å². The molecule has 0 aliphatic carbocycles. The first-order chi connectivity index (χ1) is 9.15. The Morgan fingerprint density at radius 1 is 1.42 bits per heavy atom. The highest BCUT2D eigenvalue weighted by Crippen LogP contribution is 2.23. The van der Waals surface area contributed by atoms with Crippen molar-refractivity contribution in [2.75, 3.05) is 6.61 Å². The van der Waals surface area contributed by atoms with Crippen LogP contribution in [0.15, 0.2) is 30.5 Å². The Balaban J connectivity index is 1.84. The van der Waals surface area contributed by atoms with Crippen molar-refractivity contribution in [3.63, 3.8) is 0 Å². The van der Waals surface area contributed by atoms with E-state index in [1.54, 1.807) is 18.3 Å². The number of carboxylic acid groups (broad SMARTS) is 1. The maximum Gasteiger partial charge on any atom is 0.308 e. The zero-order valence-corrected chi connectivity index (χ0v) is 11.6. The van der Waals surface area contributed by atoms with Gasteiger partial charge in [0, 0.05) is 17.5 Å². The van der Waals surface area contributed by atoms with Crippen LogP contribution in [0.3, 0.4) is 0 Å². The minimum absolute atomic E-state index is 0.0169. The summed E-state index contributed by atoms with van der Waals surface area (Å²) >= 11 is 7.36. The largest absolute Gasteiger partial charge is 0.492 e. The number of hydrogen-bond donors (Lipinski definition) is 1. The van der Waals surface area contributed by atoms with Gasteiger partial charge >= 0.3 is 5.97 Å². The number of benzene rings is 1. The molecule has 0 radical (unpaired) electrons. The molecule has 0 bridgehead atoms. The Bertz CT molecular complexity index is 571. The maximum absolute atomic E-state index is 10.6. The second-order valence-corrected chi connectivity index (χ2v) is 5.43. The molecule has 0 spiro atoms. The molecule has 100 valence electrons. The van der Waals surface area contributed by atoms with Crippen LogP contribution in [0, 0.1) is 0 Å². The van der Waals surface area contributed by atoms with Crippen molar-refractivity contribution in [1.82, 2.24) is 4.98 Å². The van der Waals surface area contributed by atoms with Gasteiger partial charge in [-0.3, -0.25) is 4.79 Å². The van der Waals surface area contributed by atoms with E-state index in [9.17, 15) is 4.79 Å². The third kappa shape index (κ3) is 4.22. The zero-order valence-electron chi connectivity index (χ0n) is 10.0. The predicted octanol–water partition coefficient (Wildman–Crippen LogP) is 3.05. The topological polar surface area (TPSA) is 59.4 Å². The molecular formula is C13H12ClNO3S. The van der Waals surface area contributed by atoms with Crippen LogP contribution in [-0.4, -0.2) is 22.7 Å². The van der Waals surface area contributed by atoms with Crippen LogP contribution in [0.5, 0.6) is 5.75 Å². The third-order valence-corrected chi connectivity index (χ3v) is 3.71. The van der Waals surface area contributed by atoms with Crippen LogP contribution in [0.25, 0.3) is 0 Å². The van der Waals surface area contributed by atoms with Crippen molar-refractivity contribution in [3.05, 3.63) is 45.4 Å². The van der Waals surface area contributed by atoms with Crippen LogP contribution in [0.2, 0.25) is 5.02 Å². The summed E-state index contributed by atoms with van der Waals surface area (Å²) in [4.78, 5) is 15.5. The Kier molecular flexibility index (Phi) is 4.76. The molecule has 1 N–H and O–H groups in total. The van der Waals surface area contributed by atoms with Crippen molar-refractivity contribution in [1.29, 1.82) is 0 Å². The molecule has 1 aromatic heterocycles. The Morgan fingerprint density at radius 2 is 2.21 bits per heavy atom. The van der Waals surface area contributed by atoms with E-state index in [4.69, 9.17) is 21.4 Å². The number of ether oxygens (including phenoxy) is 1. The van der Waals surface area contributed by atoms with Gasteiger partial charge in [-0.2, -0.15) is 0 Å². The molecule has 0 unspecified atom stereocenters. The number of aliphatic carboxylic acids is 1. The summed E-state index contributed by atoms with van der Waals surface area (Å²) in [5.41, 5.74) is 0. The third-order valence-electron chi connectivity index (χ3n) is 2.34. The number of aromatic nitrogens is 1. The van der Waals surface area contributed by atoms with E-state index in [2.05, 4.69) is 4.98 Å². The van der Waals surface area contributed by atoms with Gasteiger partial charge in [-0.15, -0.1) is 11.3 Å². The number of halogens is 1.